The van der Waals surface area contributed by atoms with Gasteiger partial charge in [-0.25, -0.2) is 0 Å². The average molecular weight is 353 g/mol. The molecule has 0 heterocycles. The fourth-order valence-corrected chi connectivity index (χ4v) is 1.30. The number of halogens is 2. The summed E-state index contributed by atoms with van der Waals surface area (Å²) in [6, 6.07) is 9.97. The molecular weight excluding hydrogens is 327 g/mol. The summed E-state index contributed by atoms with van der Waals surface area (Å²) in [7, 11) is -3.37. The standard InChI is InChI=1S/C11H15NO.C2H5F2O3P.C2H6/c1-9(13)11(12-2)8-10-6-4-3-5-7-10;1-2(3,4)8(5,6)7;1-2/h3-7,11-12H,8H2,1-2H3;1H3,(H2,5,6,7);1-2H3/t11-;;/m0../s1. The molecule has 0 amide bonds. The molecule has 0 aliphatic carbocycles. The van der Waals surface area contributed by atoms with Crippen LogP contribution in [-0.4, -0.2) is 34.3 Å². The molecule has 5 nitrogen and oxygen atoms in total. The second-order valence-electron chi connectivity index (χ2n) is 4.53. The first-order valence-electron chi connectivity index (χ1n) is 7.14. The summed E-state index contributed by atoms with van der Waals surface area (Å²) in [6.45, 7) is 5.79. The van der Waals surface area contributed by atoms with Crippen molar-refractivity contribution in [3.63, 3.8) is 0 Å². The predicted molar refractivity (Wildman–Crippen MR) is 87.7 cm³/mol. The van der Waals surface area contributed by atoms with Crippen molar-refractivity contribution >= 4 is 13.4 Å². The molecule has 0 radical (unpaired) electrons. The monoisotopic (exact) mass is 353 g/mol. The van der Waals surface area contributed by atoms with E-state index in [1.807, 2.05) is 51.2 Å². The lowest BCUT2D eigenvalue weighted by atomic mass is 10.0. The highest BCUT2D eigenvalue weighted by molar-refractivity contribution is 7.53. The molecule has 8 heteroatoms. The number of rotatable bonds is 5. The number of alkyl halides is 2. The normalized spacial score (nSPS) is 12.2. The third kappa shape index (κ3) is 11.1. The summed E-state index contributed by atoms with van der Waals surface area (Å²) in [4.78, 5) is 26.5. The van der Waals surface area contributed by atoms with E-state index >= 15 is 0 Å². The summed E-state index contributed by atoms with van der Waals surface area (Å²) < 4.78 is 32.5. The van der Waals surface area contributed by atoms with Crippen molar-refractivity contribution in [3.05, 3.63) is 35.9 Å². The van der Waals surface area contributed by atoms with Gasteiger partial charge in [-0.2, -0.15) is 8.78 Å². The summed E-state index contributed by atoms with van der Waals surface area (Å²) in [5.41, 5.74) is -2.70. The summed E-state index contributed by atoms with van der Waals surface area (Å²) in [5.74, 6) is 0.186. The van der Waals surface area contributed by atoms with E-state index in [0.29, 0.717) is 0 Å². The Balaban J connectivity index is 0. The molecule has 0 spiro atoms. The zero-order valence-corrected chi connectivity index (χ0v) is 15.0. The summed E-state index contributed by atoms with van der Waals surface area (Å²) >= 11 is 0. The van der Waals surface area contributed by atoms with Gasteiger partial charge in [0.1, 0.15) is 5.78 Å². The summed E-state index contributed by atoms with van der Waals surface area (Å²) in [5, 5.41) is 3.00. The van der Waals surface area contributed by atoms with Gasteiger partial charge in [0.25, 0.3) is 0 Å². The molecule has 0 aromatic heterocycles. The Labute approximate surface area is 136 Å². The molecule has 0 saturated heterocycles. The lowest BCUT2D eigenvalue weighted by Crippen LogP contribution is -2.34. The maximum atomic E-state index is 11.5. The van der Waals surface area contributed by atoms with Gasteiger partial charge in [-0.3, -0.25) is 9.36 Å². The number of benzene rings is 1. The molecular formula is C15H26F2NO4P. The van der Waals surface area contributed by atoms with Gasteiger partial charge in [-0.1, -0.05) is 44.2 Å². The zero-order valence-electron chi connectivity index (χ0n) is 14.1. The fraction of sp³-hybridized carbons (Fsp3) is 0.533. The third-order valence-corrected chi connectivity index (χ3v) is 3.66. The Bertz CT molecular complexity index is 486. The van der Waals surface area contributed by atoms with Gasteiger partial charge in [0.05, 0.1) is 6.04 Å². The van der Waals surface area contributed by atoms with Crippen LogP contribution in [0.4, 0.5) is 8.78 Å². The molecule has 0 saturated carbocycles. The summed E-state index contributed by atoms with van der Waals surface area (Å²) in [6.07, 6.45) is 0.771. The van der Waals surface area contributed by atoms with E-state index in [1.54, 1.807) is 6.92 Å². The molecule has 3 N–H and O–H groups in total. The lowest BCUT2D eigenvalue weighted by molar-refractivity contribution is -0.118. The van der Waals surface area contributed by atoms with Crippen LogP contribution in [0.1, 0.15) is 33.3 Å². The van der Waals surface area contributed by atoms with Gasteiger partial charge in [-0.15, -0.1) is 0 Å². The van der Waals surface area contributed by atoms with Crippen LogP contribution in [0.5, 0.6) is 0 Å². The minimum absolute atomic E-state index is 0.0533. The first-order chi connectivity index (χ1) is 10.5. The Morgan fingerprint density at radius 2 is 1.65 bits per heavy atom. The first-order valence-corrected chi connectivity index (χ1v) is 8.75. The minimum atomic E-state index is -5.18. The molecule has 1 aromatic rings. The molecule has 0 unspecified atom stereocenters. The maximum Gasteiger partial charge on any atom is 0.394 e. The molecule has 23 heavy (non-hydrogen) atoms. The highest BCUT2D eigenvalue weighted by atomic mass is 31.2. The van der Waals surface area contributed by atoms with Crippen LogP contribution in [0, 0.1) is 0 Å². The second kappa shape index (κ2) is 11.4. The first kappa shape index (κ1) is 24.1. The quantitative estimate of drug-likeness (QED) is 0.708. The molecule has 0 bridgehead atoms. The van der Waals surface area contributed by atoms with Crippen molar-refractivity contribution in [2.24, 2.45) is 0 Å². The van der Waals surface area contributed by atoms with Crippen LogP contribution in [0.3, 0.4) is 0 Å². The van der Waals surface area contributed by atoms with E-state index < -0.39 is 13.3 Å². The van der Waals surface area contributed by atoms with Crippen molar-refractivity contribution in [2.45, 2.75) is 45.8 Å². The topological polar surface area (TPSA) is 86.6 Å². The van der Waals surface area contributed by atoms with Crippen LogP contribution in [0.2, 0.25) is 0 Å². The van der Waals surface area contributed by atoms with Crippen molar-refractivity contribution in [2.75, 3.05) is 7.05 Å². The van der Waals surface area contributed by atoms with Crippen LogP contribution in [0.15, 0.2) is 30.3 Å². The van der Waals surface area contributed by atoms with Crippen molar-refractivity contribution in [1.29, 1.82) is 0 Å². The maximum absolute atomic E-state index is 11.5. The molecule has 134 valence electrons. The number of Topliss-reactive ketones (excluding diaryl/α,β-unsaturated/α-hetero) is 1. The number of nitrogens with one attached hydrogen (secondary N) is 1. The fourth-order valence-electron chi connectivity index (χ4n) is 1.30. The van der Waals surface area contributed by atoms with Crippen molar-refractivity contribution in [3.8, 4) is 0 Å². The molecule has 1 rings (SSSR count). The van der Waals surface area contributed by atoms with E-state index in [1.165, 1.54) is 5.56 Å². The van der Waals surface area contributed by atoms with Crippen LogP contribution < -0.4 is 5.32 Å². The Morgan fingerprint density at radius 3 is 1.91 bits per heavy atom. The zero-order chi connectivity index (χ0) is 18.7. The van der Waals surface area contributed by atoms with Gasteiger partial charge in [0, 0.05) is 6.92 Å². The van der Waals surface area contributed by atoms with Crippen LogP contribution in [-0.2, 0) is 15.8 Å². The molecule has 0 aliphatic heterocycles. The number of hydrogen-bond donors (Lipinski definition) is 3. The SMILES string of the molecule is CC.CC(F)(F)P(=O)(O)O.CN[C@@H](Cc1ccccc1)C(C)=O. The molecule has 0 fully saturated rings. The van der Waals surface area contributed by atoms with E-state index in [0.717, 1.165) is 6.42 Å². The number of hydrogen-bond acceptors (Lipinski definition) is 3. The van der Waals surface area contributed by atoms with Gasteiger partial charge in [0.15, 0.2) is 0 Å². The van der Waals surface area contributed by atoms with Gasteiger partial charge >= 0.3 is 13.3 Å². The Kier molecular flexibility index (Phi) is 12.0. The average Bonchev–Trinajstić information content (AvgIpc) is 2.46. The van der Waals surface area contributed by atoms with E-state index in [4.69, 9.17) is 9.79 Å². The molecule has 1 atom stereocenters. The lowest BCUT2D eigenvalue weighted by Gasteiger charge is -2.11. The van der Waals surface area contributed by atoms with E-state index in [-0.39, 0.29) is 18.7 Å². The van der Waals surface area contributed by atoms with Crippen molar-refractivity contribution in [1.82, 2.24) is 5.32 Å². The Morgan fingerprint density at radius 1 is 1.26 bits per heavy atom. The highest BCUT2D eigenvalue weighted by Crippen LogP contribution is 2.52. The van der Waals surface area contributed by atoms with E-state index in [9.17, 15) is 18.1 Å². The third-order valence-electron chi connectivity index (χ3n) is 2.63. The minimum Gasteiger partial charge on any atom is -0.320 e. The van der Waals surface area contributed by atoms with Crippen LogP contribution >= 0.6 is 7.60 Å². The van der Waals surface area contributed by atoms with Gasteiger partial charge in [-0.05, 0) is 26.0 Å². The largest absolute Gasteiger partial charge is 0.394 e. The number of likely N-dealkylation sites (N-methyl/N-ethyl adjacent to an activating group) is 1. The van der Waals surface area contributed by atoms with E-state index in [2.05, 4.69) is 5.32 Å². The Hall–Kier alpha value is -1.14. The molecule has 0 aliphatic rings. The van der Waals surface area contributed by atoms with Crippen molar-refractivity contribution < 1.29 is 27.9 Å². The number of carbonyl (C=O) groups is 1. The molecule has 1 aromatic carbocycles. The predicted octanol–water partition coefficient (Wildman–Crippen LogP) is 3.21. The van der Waals surface area contributed by atoms with Gasteiger partial charge < -0.3 is 15.1 Å². The smallest absolute Gasteiger partial charge is 0.320 e. The second-order valence-corrected chi connectivity index (χ2v) is 6.40. The van der Waals surface area contributed by atoms with Gasteiger partial charge in [0.2, 0.25) is 0 Å². The number of carbonyl (C=O) groups excluding carboxylic acids is 1. The number of ketones is 1. The highest BCUT2D eigenvalue weighted by Gasteiger charge is 2.42. The van der Waals surface area contributed by atoms with Crippen LogP contribution in [0.25, 0.3) is 0 Å².